The van der Waals surface area contributed by atoms with Gasteiger partial charge < -0.3 is 0 Å². The molecule has 1 N–H and O–H groups in total. The molecule has 0 amide bonds. The van der Waals surface area contributed by atoms with E-state index in [0.29, 0.717) is 6.51 Å². The zero-order chi connectivity index (χ0) is 3.54. The zero-order valence-electron chi connectivity index (χ0n) is 2.60. The molecule has 0 aliphatic carbocycles. The topological polar surface area (TPSA) is 30.5 Å². The lowest BCUT2D eigenvalue weighted by Gasteiger charge is -1.79. The summed E-state index contributed by atoms with van der Waals surface area (Å²) >= 11 is 0. The summed E-state index contributed by atoms with van der Waals surface area (Å²) in [5.74, 6) is 0. The molecule has 0 bridgehead atoms. The maximum Gasteiger partial charge on any atom is 0.280 e. The van der Waals surface area contributed by atoms with Gasteiger partial charge in [-0.25, -0.2) is 10.3 Å². The molecule has 1 fully saturated rings. The van der Waals surface area contributed by atoms with Crippen LogP contribution in [0.1, 0.15) is 0 Å². The lowest BCUT2D eigenvalue weighted by atomic mass is 10.0. The standard InChI is InChI=1S/CH3BNO2/c1-2-3-5-4-1/h3H,1H2. The first-order valence-corrected chi connectivity index (χ1v) is 1.36. The average Bonchev–Trinajstić information content (AvgIpc) is 1.76. The highest BCUT2D eigenvalue weighted by molar-refractivity contribution is 6.31. The van der Waals surface area contributed by atoms with Crippen molar-refractivity contribution in [1.29, 1.82) is 0 Å². The van der Waals surface area contributed by atoms with Crippen molar-refractivity contribution >= 4 is 7.41 Å². The lowest BCUT2D eigenvalue weighted by molar-refractivity contribution is -0.284. The van der Waals surface area contributed by atoms with Crippen LogP contribution in [-0.2, 0) is 9.88 Å². The minimum atomic E-state index is 0.542. The van der Waals surface area contributed by atoms with Gasteiger partial charge in [-0.2, -0.15) is 4.99 Å². The number of rotatable bonds is 0. The summed E-state index contributed by atoms with van der Waals surface area (Å²) in [5, 5.41) is 2.38. The van der Waals surface area contributed by atoms with Gasteiger partial charge in [-0.1, -0.05) is 0 Å². The Morgan fingerprint density at radius 1 is 1.80 bits per heavy atom. The SMILES string of the molecule is [B]1COON1. The Bertz CT molecular complexity index is 21.2. The predicted molar refractivity (Wildman–Crippen MR) is 15.9 cm³/mol. The number of hydrogen-bond donors (Lipinski definition) is 1. The van der Waals surface area contributed by atoms with E-state index in [1.807, 2.05) is 0 Å². The molecule has 27 valence electrons. The average molecular weight is 71.9 g/mol. The first kappa shape index (κ1) is 3.15. The van der Waals surface area contributed by atoms with Gasteiger partial charge in [0.15, 0.2) is 0 Å². The van der Waals surface area contributed by atoms with Gasteiger partial charge in [-0.15, -0.1) is 0 Å². The smallest absolute Gasteiger partial charge is 0.226 e. The maximum absolute atomic E-state index is 4.28. The third kappa shape index (κ3) is 0.610. The third-order valence-electron chi connectivity index (χ3n) is 0.342. The van der Waals surface area contributed by atoms with E-state index in [1.54, 1.807) is 7.41 Å². The number of hydrogen-bond acceptors (Lipinski definition) is 3. The van der Waals surface area contributed by atoms with E-state index in [1.165, 1.54) is 0 Å². The van der Waals surface area contributed by atoms with Crippen LogP contribution in [-0.4, -0.2) is 13.9 Å². The molecule has 1 radical (unpaired) electrons. The molecule has 0 saturated carbocycles. The van der Waals surface area contributed by atoms with E-state index >= 15 is 0 Å². The van der Waals surface area contributed by atoms with Gasteiger partial charge in [-0.05, 0) is 0 Å². The molecule has 1 rings (SSSR count). The Labute approximate surface area is 30.4 Å². The lowest BCUT2D eigenvalue weighted by Crippen LogP contribution is -2.07. The normalized spacial score (nSPS) is 22.4. The van der Waals surface area contributed by atoms with Crippen molar-refractivity contribution in [3.8, 4) is 0 Å². The summed E-state index contributed by atoms with van der Waals surface area (Å²) < 4.78 is 0. The molecular formula is CH3BNO2. The highest BCUT2D eigenvalue weighted by Gasteiger charge is 1.98. The quantitative estimate of drug-likeness (QED) is 0.295. The molecule has 1 aliphatic heterocycles. The summed E-state index contributed by atoms with van der Waals surface area (Å²) in [6, 6.07) is 0. The van der Waals surface area contributed by atoms with Crippen LogP contribution in [0.4, 0.5) is 0 Å². The van der Waals surface area contributed by atoms with Crippen LogP contribution in [0.5, 0.6) is 0 Å². The second kappa shape index (κ2) is 1.40. The molecule has 0 atom stereocenters. The largest absolute Gasteiger partial charge is 0.280 e. The van der Waals surface area contributed by atoms with E-state index in [2.05, 4.69) is 15.3 Å². The molecule has 5 heavy (non-hydrogen) atoms. The first-order valence-electron chi connectivity index (χ1n) is 1.36. The molecule has 1 aliphatic rings. The van der Waals surface area contributed by atoms with Gasteiger partial charge in [0.25, 0.3) is 7.41 Å². The van der Waals surface area contributed by atoms with Gasteiger partial charge in [0.1, 0.15) is 0 Å². The summed E-state index contributed by atoms with van der Waals surface area (Å²) in [4.78, 5) is 8.42. The van der Waals surface area contributed by atoms with Crippen molar-refractivity contribution < 1.29 is 9.88 Å². The van der Waals surface area contributed by atoms with Gasteiger partial charge in [0.05, 0.1) is 6.51 Å². The van der Waals surface area contributed by atoms with E-state index in [9.17, 15) is 0 Å². The van der Waals surface area contributed by atoms with Crippen molar-refractivity contribution in [2.45, 2.75) is 0 Å². The molecule has 4 heteroatoms. The van der Waals surface area contributed by atoms with Crippen LogP contribution in [0.15, 0.2) is 0 Å². The van der Waals surface area contributed by atoms with Crippen LogP contribution in [0, 0.1) is 0 Å². The minimum Gasteiger partial charge on any atom is -0.226 e. The van der Waals surface area contributed by atoms with Gasteiger partial charge in [0, 0.05) is 0 Å². The molecule has 3 nitrogen and oxygen atoms in total. The highest BCUT2D eigenvalue weighted by Crippen LogP contribution is 1.75. The summed E-state index contributed by atoms with van der Waals surface area (Å²) in [7, 11) is 1.67. The van der Waals surface area contributed by atoms with Crippen LogP contribution >= 0.6 is 0 Å². The zero-order valence-corrected chi connectivity index (χ0v) is 2.60. The Morgan fingerprint density at radius 2 is 2.80 bits per heavy atom. The molecule has 1 saturated heterocycles. The van der Waals surface area contributed by atoms with Crippen molar-refractivity contribution in [3.63, 3.8) is 0 Å². The van der Waals surface area contributed by atoms with Crippen LogP contribution in [0.3, 0.4) is 0 Å². The fraction of sp³-hybridized carbons (Fsp3) is 1.00. The molecule has 0 aromatic carbocycles. The fourth-order valence-electron chi connectivity index (χ4n) is 0.170. The van der Waals surface area contributed by atoms with Crippen molar-refractivity contribution in [1.82, 2.24) is 5.39 Å². The van der Waals surface area contributed by atoms with Crippen LogP contribution in [0.25, 0.3) is 0 Å². The van der Waals surface area contributed by atoms with Gasteiger partial charge >= 0.3 is 0 Å². The van der Waals surface area contributed by atoms with E-state index in [4.69, 9.17) is 0 Å². The van der Waals surface area contributed by atoms with Crippen molar-refractivity contribution in [2.24, 2.45) is 0 Å². The summed E-state index contributed by atoms with van der Waals surface area (Å²) in [6.45, 7) is 0.542. The van der Waals surface area contributed by atoms with Gasteiger partial charge in [0.2, 0.25) is 0 Å². The third-order valence-corrected chi connectivity index (χ3v) is 0.342. The van der Waals surface area contributed by atoms with Crippen LogP contribution < -0.4 is 5.39 Å². The Hall–Kier alpha value is -0.0551. The highest BCUT2D eigenvalue weighted by atomic mass is 17.3. The second-order valence-electron chi connectivity index (χ2n) is 0.690. The van der Waals surface area contributed by atoms with E-state index in [0.717, 1.165) is 0 Å². The maximum atomic E-state index is 4.28. The molecule has 0 aromatic heterocycles. The van der Waals surface area contributed by atoms with Crippen molar-refractivity contribution in [3.05, 3.63) is 0 Å². The predicted octanol–water partition coefficient (Wildman–Crippen LogP) is -0.971. The molecular weight excluding hydrogens is 68.8 g/mol. The van der Waals surface area contributed by atoms with Crippen LogP contribution in [0.2, 0.25) is 0 Å². The fourth-order valence-corrected chi connectivity index (χ4v) is 0.170. The molecule has 1 heterocycles. The monoisotopic (exact) mass is 72.0 g/mol. The minimum absolute atomic E-state index is 0.542. The summed E-state index contributed by atoms with van der Waals surface area (Å²) in [6.07, 6.45) is 0. The molecule has 0 unspecified atom stereocenters. The van der Waals surface area contributed by atoms with Gasteiger partial charge in [-0.3, -0.25) is 0 Å². The van der Waals surface area contributed by atoms with E-state index in [-0.39, 0.29) is 0 Å². The Balaban J connectivity index is 2.08. The van der Waals surface area contributed by atoms with E-state index < -0.39 is 0 Å². The first-order chi connectivity index (χ1) is 2.50. The molecule has 0 spiro atoms. The Morgan fingerprint density at radius 3 is 3.00 bits per heavy atom. The summed E-state index contributed by atoms with van der Waals surface area (Å²) in [5.41, 5.74) is 0. The second-order valence-corrected chi connectivity index (χ2v) is 0.690. The van der Waals surface area contributed by atoms with Crippen molar-refractivity contribution in [2.75, 3.05) is 6.51 Å². The Kier molecular flexibility index (Phi) is 0.881. The molecule has 0 aromatic rings. The number of nitrogens with one attached hydrogen (secondary N) is 1.